The molecule has 0 N–H and O–H groups in total. The summed E-state index contributed by atoms with van der Waals surface area (Å²) in [5.74, 6) is 1.04. The van der Waals surface area contributed by atoms with Gasteiger partial charge in [0.05, 0.1) is 17.2 Å². The average molecular weight is 348 g/mol. The number of sulfonamides is 1. The van der Waals surface area contributed by atoms with E-state index in [0.717, 1.165) is 23.3 Å². The van der Waals surface area contributed by atoms with Crippen LogP contribution in [-0.2, 0) is 17.1 Å². The van der Waals surface area contributed by atoms with Gasteiger partial charge >= 0.3 is 0 Å². The molecule has 4 rings (SSSR count). The Hall–Kier alpha value is -1.77. The molecule has 0 aromatic carbocycles. The van der Waals surface area contributed by atoms with E-state index in [2.05, 4.69) is 9.97 Å². The van der Waals surface area contributed by atoms with Gasteiger partial charge in [-0.3, -0.25) is 4.98 Å². The Morgan fingerprint density at radius 3 is 2.96 bits per heavy atom. The number of aryl methyl sites for hydroxylation is 1. The van der Waals surface area contributed by atoms with E-state index in [0.29, 0.717) is 17.3 Å². The first-order valence-corrected chi connectivity index (χ1v) is 9.69. The summed E-state index contributed by atoms with van der Waals surface area (Å²) in [4.78, 5) is 8.81. The lowest BCUT2D eigenvalue weighted by Gasteiger charge is -2.15. The molecule has 23 heavy (non-hydrogen) atoms. The monoisotopic (exact) mass is 348 g/mol. The molecule has 1 fully saturated rings. The molecule has 4 heterocycles. The van der Waals surface area contributed by atoms with Gasteiger partial charge in [-0.25, -0.2) is 13.4 Å². The van der Waals surface area contributed by atoms with Crippen LogP contribution >= 0.6 is 11.3 Å². The molecule has 0 amide bonds. The number of pyridine rings is 1. The number of thiophene rings is 1. The lowest BCUT2D eigenvalue weighted by atomic mass is 10.1. The van der Waals surface area contributed by atoms with Crippen LogP contribution in [0.2, 0.25) is 0 Å². The highest BCUT2D eigenvalue weighted by molar-refractivity contribution is 7.91. The molecule has 1 unspecified atom stereocenters. The molecular formula is C15H16N4O2S2. The molecule has 120 valence electrons. The van der Waals surface area contributed by atoms with Crippen LogP contribution in [0.1, 0.15) is 18.2 Å². The van der Waals surface area contributed by atoms with Crippen LogP contribution in [0, 0.1) is 0 Å². The summed E-state index contributed by atoms with van der Waals surface area (Å²) in [6.45, 7) is 1.01. The van der Waals surface area contributed by atoms with Crippen molar-refractivity contribution in [2.75, 3.05) is 13.1 Å². The van der Waals surface area contributed by atoms with Crippen molar-refractivity contribution in [2.45, 2.75) is 16.5 Å². The second-order valence-corrected chi connectivity index (χ2v) is 8.79. The van der Waals surface area contributed by atoms with Crippen molar-refractivity contribution in [2.24, 2.45) is 7.05 Å². The third kappa shape index (κ3) is 2.37. The first kappa shape index (κ1) is 14.8. The van der Waals surface area contributed by atoms with Gasteiger partial charge in [-0.05, 0) is 23.9 Å². The van der Waals surface area contributed by atoms with Crippen molar-refractivity contribution in [3.8, 4) is 0 Å². The van der Waals surface area contributed by atoms with Crippen LogP contribution in [0.5, 0.6) is 0 Å². The summed E-state index contributed by atoms with van der Waals surface area (Å²) < 4.78 is 29.3. The van der Waals surface area contributed by atoms with E-state index in [9.17, 15) is 8.42 Å². The van der Waals surface area contributed by atoms with Crippen LogP contribution in [0.4, 0.5) is 0 Å². The fourth-order valence-electron chi connectivity index (χ4n) is 3.11. The lowest BCUT2D eigenvalue weighted by Crippen LogP contribution is -2.28. The predicted molar refractivity (Wildman–Crippen MR) is 88.9 cm³/mol. The molecule has 3 aromatic heterocycles. The summed E-state index contributed by atoms with van der Waals surface area (Å²) in [7, 11) is -1.42. The molecule has 1 atom stereocenters. The van der Waals surface area contributed by atoms with E-state index in [1.54, 1.807) is 34.2 Å². The van der Waals surface area contributed by atoms with Gasteiger partial charge in [0, 0.05) is 32.3 Å². The predicted octanol–water partition coefficient (Wildman–Crippen LogP) is 2.21. The largest absolute Gasteiger partial charge is 0.330 e. The smallest absolute Gasteiger partial charge is 0.252 e. The van der Waals surface area contributed by atoms with Crippen LogP contribution in [0.25, 0.3) is 11.0 Å². The number of hydrogen-bond donors (Lipinski definition) is 0. The second-order valence-electron chi connectivity index (χ2n) is 5.67. The molecule has 8 heteroatoms. The molecule has 6 nitrogen and oxygen atoms in total. The standard InChI is InChI=1S/C15H16N4O2S2/c1-18-13-9-16-6-4-12(13)17-15(18)11-5-7-19(10-11)23(20,21)14-3-2-8-22-14/h2-4,6,8-9,11H,5,7,10H2,1H3. The highest BCUT2D eigenvalue weighted by atomic mass is 32.2. The number of nitrogens with zero attached hydrogens (tertiary/aromatic N) is 4. The molecule has 0 bridgehead atoms. The van der Waals surface area contributed by atoms with Crippen LogP contribution in [0.15, 0.2) is 40.2 Å². The van der Waals surface area contributed by atoms with E-state index in [1.807, 2.05) is 17.7 Å². The number of fused-ring (bicyclic) bond motifs is 1. The first-order chi connectivity index (χ1) is 11.1. The average Bonchev–Trinajstić information content (AvgIpc) is 3.28. The zero-order valence-corrected chi connectivity index (χ0v) is 14.2. The summed E-state index contributed by atoms with van der Waals surface area (Å²) in [6, 6.07) is 5.31. The maximum atomic E-state index is 12.6. The van der Waals surface area contributed by atoms with E-state index in [-0.39, 0.29) is 5.92 Å². The van der Waals surface area contributed by atoms with E-state index >= 15 is 0 Å². The van der Waals surface area contributed by atoms with Gasteiger partial charge in [0.2, 0.25) is 0 Å². The Bertz CT molecular complexity index is 947. The highest BCUT2D eigenvalue weighted by Crippen LogP contribution is 2.32. The van der Waals surface area contributed by atoms with Crippen molar-refractivity contribution < 1.29 is 8.42 Å². The second kappa shape index (κ2) is 5.40. The summed E-state index contributed by atoms with van der Waals surface area (Å²) in [5.41, 5.74) is 1.87. The molecule has 0 aliphatic carbocycles. The number of hydrogen-bond acceptors (Lipinski definition) is 5. The van der Waals surface area contributed by atoms with Crippen LogP contribution in [0.3, 0.4) is 0 Å². The molecule has 1 aliphatic heterocycles. The van der Waals surface area contributed by atoms with Crippen molar-refractivity contribution in [1.29, 1.82) is 0 Å². The quantitative estimate of drug-likeness (QED) is 0.728. The van der Waals surface area contributed by atoms with Crippen LogP contribution < -0.4 is 0 Å². The Balaban J connectivity index is 1.64. The minimum atomic E-state index is -3.38. The maximum absolute atomic E-state index is 12.6. The third-order valence-corrected chi connectivity index (χ3v) is 7.56. The highest BCUT2D eigenvalue weighted by Gasteiger charge is 2.35. The van der Waals surface area contributed by atoms with E-state index in [1.165, 1.54) is 11.3 Å². The fraction of sp³-hybridized carbons (Fsp3) is 0.333. The van der Waals surface area contributed by atoms with Crippen molar-refractivity contribution in [1.82, 2.24) is 18.8 Å². The number of rotatable bonds is 3. The summed E-state index contributed by atoms with van der Waals surface area (Å²) in [6.07, 6.45) is 4.30. The molecule has 1 aliphatic rings. The van der Waals surface area contributed by atoms with Crippen molar-refractivity contribution in [3.63, 3.8) is 0 Å². The molecule has 0 radical (unpaired) electrons. The van der Waals surface area contributed by atoms with E-state index in [4.69, 9.17) is 0 Å². The number of imidazole rings is 1. The number of aromatic nitrogens is 3. The van der Waals surface area contributed by atoms with Gasteiger partial charge in [-0.2, -0.15) is 4.31 Å². The van der Waals surface area contributed by atoms with Gasteiger partial charge < -0.3 is 4.57 Å². The van der Waals surface area contributed by atoms with Crippen LogP contribution in [-0.4, -0.2) is 40.3 Å². The minimum Gasteiger partial charge on any atom is -0.330 e. The zero-order valence-electron chi connectivity index (χ0n) is 12.6. The summed E-state index contributed by atoms with van der Waals surface area (Å²) >= 11 is 1.26. The topological polar surface area (TPSA) is 68.1 Å². The minimum absolute atomic E-state index is 0.113. The molecule has 0 spiro atoms. The Kier molecular flexibility index (Phi) is 3.47. The first-order valence-electron chi connectivity index (χ1n) is 7.37. The molecular weight excluding hydrogens is 332 g/mol. The molecule has 0 saturated carbocycles. The Labute approximate surface area is 138 Å². The molecule has 1 saturated heterocycles. The Morgan fingerprint density at radius 2 is 2.22 bits per heavy atom. The van der Waals surface area contributed by atoms with Gasteiger partial charge in [-0.15, -0.1) is 11.3 Å². The van der Waals surface area contributed by atoms with Gasteiger partial charge in [0.25, 0.3) is 10.0 Å². The van der Waals surface area contributed by atoms with Gasteiger partial charge in [0.1, 0.15) is 10.0 Å². The van der Waals surface area contributed by atoms with Gasteiger partial charge in [-0.1, -0.05) is 6.07 Å². The van der Waals surface area contributed by atoms with E-state index < -0.39 is 10.0 Å². The zero-order chi connectivity index (χ0) is 16.0. The molecule has 3 aromatic rings. The normalized spacial score (nSPS) is 19.6. The van der Waals surface area contributed by atoms with Crippen molar-refractivity contribution in [3.05, 3.63) is 41.8 Å². The van der Waals surface area contributed by atoms with Crippen molar-refractivity contribution >= 4 is 32.4 Å². The fourth-order valence-corrected chi connectivity index (χ4v) is 5.76. The Morgan fingerprint density at radius 1 is 1.35 bits per heavy atom. The third-order valence-electron chi connectivity index (χ3n) is 4.32. The summed E-state index contributed by atoms with van der Waals surface area (Å²) in [5, 5.41) is 1.79. The SMILES string of the molecule is Cn1c(C2CCN(S(=O)(=O)c3cccs3)C2)nc2ccncc21. The maximum Gasteiger partial charge on any atom is 0.252 e. The van der Waals surface area contributed by atoms with Gasteiger partial charge in [0.15, 0.2) is 0 Å². The lowest BCUT2D eigenvalue weighted by molar-refractivity contribution is 0.472.